The molecule has 5 nitrogen and oxygen atoms in total. The average molecular weight is 435 g/mol. The van der Waals surface area contributed by atoms with Crippen LogP contribution in [0.3, 0.4) is 0 Å². The molecule has 2 N–H and O–H groups in total. The summed E-state index contributed by atoms with van der Waals surface area (Å²) in [5.74, 6) is 0.423. The van der Waals surface area contributed by atoms with Gasteiger partial charge >= 0.3 is 0 Å². The van der Waals surface area contributed by atoms with Gasteiger partial charge in [0.25, 0.3) is 5.91 Å². The molecule has 2 aliphatic rings. The molecule has 160 valence electrons. The number of aryl methyl sites for hydroxylation is 1. The van der Waals surface area contributed by atoms with Gasteiger partial charge in [-0.1, -0.05) is 19.4 Å². The van der Waals surface area contributed by atoms with E-state index in [1.807, 2.05) is 30.3 Å². The molecule has 0 radical (unpaired) electrons. The number of anilines is 1. The van der Waals surface area contributed by atoms with E-state index in [1.54, 1.807) is 11.3 Å². The van der Waals surface area contributed by atoms with Crippen LogP contribution in [0, 0.1) is 12.8 Å². The third-order valence-electron chi connectivity index (χ3n) is 6.76. The molecule has 0 unspecified atom stereocenters. The molecule has 2 heterocycles. The number of carbonyl (C=O) groups is 2. The minimum absolute atomic E-state index is 0.0778. The number of amides is 2. The molecular weight excluding hydrogens is 406 g/mol. The highest BCUT2D eigenvalue weighted by Crippen LogP contribution is 2.32. The van der Waals surface area contributed by atoms with Crippen LogP contribution in [0.5, 0.6) is 0 Å². The van der Waals surface area contributed by atoms with Gasteiger partial charge in [0.2, 0.25) is 5.91 Å². The molecule has 0 bridgehead atoms. The molecule has 1 aliphatic carbocycles. The summed E-state index contributed by atoms with van der Waals surface area (Å²) in [6.45, 7) is 4.35. The van der Waals surface area contributed by atoms with Gasteiger partial charge in [-0.25, -0.2) is 9.88 Å². The number of imide groups is 1. The van der Waals surface area contributed by atoms with Crippen molar-refractivity contribution in [2.75, 3.05) is 4.90 Å². The van der Waals surface area contributed by atoms with Gasteiger partial charge in [0, 0.05) is 11.5 Å². The van der Waals surface area contributed by atoms with Crippen LogP contribution >= 0.6 is 11.3 Å². The van der Waals surface area contributed by atoms with Gasteiger partial charge in [-0.2, -0.15) is 0 Å². The van der Waals surface area contributed by atoms with Crippen LogP contribution in [0.2, 0.25) is 0 Å². The molecule has 1 saturated heterocycles. The molecule has 1 aromatic heterocycles. The smallest absolute Gasteiger partial charge is 0.292 e. The molecule has 6 heteroatoms. The monoisotopic (exact) mass is 434 g/mol. The second kappa shape index (κ2) is 8.17. The summed E-state index contributed by atoms with van der Waals surface area (Å²) in [5.41, 5.74) is 3.87. The molecule has 2 aromatic carbocycles. The predicted octanol–water partition coefficient (Wildman–Crippen LogP) is 4.05. The highest BCUT2D eigenvalue weighted by molar-refractivity contribution is 7.21. The Labute approximate surface area is 186 Å². The maximum Gasteiger partial charge on any atom is 0.292 e. The number of hydrogen-bond donors (Lipinski definition) is 1. The molecule has 3 aromatic rings. The number of nitrogens with zero attached hydrogens (tertiary/aromatic N) is 2. The highest BCUT2D eigenvalue weighted by Gasteiger charge is 2.44. The lowest BCUT2D eigenvalue weighted by molar-refractivity contribution is -0.715. The quantitative estimate of drug-likeness (QED) is 0.630. The standard InChI is InChI=1S/C25H27N3O2S/c1-15-7-12-20-22(13-15)31-24(27-20)17-8-10-18(11-9-17)28-23(29)14-21(25(28)30)26-19-6-4-3-5-16(19)2/h7-13,16,19,21,26H,3-6,14H2,1-2H3/p+1/t16-,19+,21-/m0/s1. The van der Waals surface area contributed by atoms with Gasteiger partial charge in [-0.05, 0) is 68.1 Å². The van der Waals surface area contributed by atoms with Crippen molar-refractivity contribution in [3.05, 3.63) is 48.0 Å². The predicted molar refractivity (Wildman–Crippen MR) is 124 cm³/mol. The Kier molecular flexibility index (Phi) is 5.36. The first kappa shape index (κ1) is 20.3. The van der Waals surface area contributed by atoms with Crippen LogP contribution in [-0.2, 0) is 9.59 Å². The van der Waals surface area contributed by atoms with E-state index in [-0.39, 0.29) is 17.9 Å². The Morgan fingerprint density at radius 1 is 1.06 bits per heavy atom. The minimum atomic E-state index is -0.287. The van der Waals surface area contributed by atoms with Crippen LogP contribution in [0.25, 0.3) is 20.8 Å². The Morgan fingerprint density at radius 2 is 1.84 bits per heavy atom. The SMILES string of the molecule is Cc1ccc2nc(-c3ccc(N4C(=O)C[C@H]([NH2+][C@@H]5CCCC[C@@H]5C)C4=O)cc3)sc2c1. The lowest BCUT2D eigenvalue weighted by Gasteiger charge is -2.28. The number of rotatable bonds is 4. The summed E-state index contributed by atoms with van der Waals surface area (Å²) < 4.78 is 1.17. The van der Waals surface area contributed by atoms with Gasteiger partial charge in [-0.3, -0.25) is 9.59 Å². The summed E-state index contributed by atoms with van der Waals surface area (Å²) in [7, 11) is 0. The van der Waals surface area contributed by atoms with Crippen LogP contribution in [0.1, 0.15) is 44.6 Å². The van der Waals surface area contributed by atoms with Gasteiger partial charge in [0.05, 0.1) is 28.4 Å². The van der Waals surface area contributed by atoms with E-state index < -0.39 is 0 Å². The van der Waals surface area contributed by atoms with Crippen LogP contribution < -0.4 is 10.2 Å². The van der Waals surface area contributed by atoms with Gasteiger partial charge in [0.1, 0.15) is 5.01 Å². The van der Waals surface area contributed by atoms with E-state index in [0.29, 0.717) is 24.1 Å². The first-order valence-electron chi connectivity index (χ1n) is 11.2. The van der Waals surface area contributed by atoms with E-state index in [0.717, 1.165) is 22.5 Å². The number of nitrogens with two attached hydrogens (primary N) is 1. The van der Waals surface area contributed by atoms with E-state index >= 15 is 0 Å². The van der Waals surface area contributed by atoms with Crippen molar-refractivity contribution < 1.29 is 14.9 Å². The van der Waals surface area contributed by atoms with Crippen molar-refractivity contribution >= 4 is 39.1 Å². The Bertz CT molecular complexity index is 1140. The van der Waals surface area contributed by atoms with Crippen molar-refractivity contribution in [3.8, 4) is 10.6 Å². The van der Waals surface area contributed by atoms with E-state index in [4.69, 9.17) is 4.98 Å². The van der Waals surface area contributed by atoms with Gasteiger partial charge in [-0.15, -0.1) is 11.3 Å². The van der Waals surface area contributed by atoms with Crippen LogP contribution in [-0.4, -0.2) is 28.9 Å². The van der Waals surface area contributed by atoms with Crippen LogP contribution in [0.15, 0.2) is 42.5 Å². The van der Waals surface area contributed by atoms with Crippen molar-refractivity contribution in [3.63, 3.8) is 0 Å². The molecule has 31 heavy (non-hydrogen) atoms. The topological polar surface area (TPSA) is 66.9 Å². The zero-order valence-electron chi connectivity index (χ0n) is 18.0. The Hall–Kier alpha value is -2.57. The normalized spacial score (nSPS) is 24.3. The lowest BCUT2D eigenvalue weighted by Crippen LogP contribution is -2.97. The summed E-state index contributed by atoms with van der Waals surface area (Å²) in [6, 6.07) is 14.1. The highest BCUT2D eigenvalue weighted by atomic mass is 32.1. The fraction of sp³-hybridized carbons (Fsp3) is 0.400. The van der Waals surface area contributed by atoms with E-state index in [2.05, 4.69) is 31.3 Å². The average Bonchev–Trinajstić information content (AvgIpc) is 3.30. The van der Waals surface area contributed by atoms with Crippen molar-refractivity contribution in [2.45, 2.75) is 58.0 Å². The van der Waals surface area contributed by atoms with E-state index in [1.165, 1.54) is 34.4 Å². The maximum absolute atomic E-state index is 13.1. The van der Waals surface area contributed by atoms with Gasteiger partial charge in [0.15, 0.2) is 6.04 Å². The number of carbonyl (C=O) groups excluding carboxylic acids is 2. The maximum atomic E-state index is 13.1. The van der Waals surface area contributed by atoms with Crippen molar-refractivity contribution in [2.24, 2.45) is 5.92 Å². The largest absolute Gasteiger partial charge is 0.333 e. The molecule has 1 saturated carbocycles. The third kappa shape index (κ3) is 3.90. The van der Waals surface area contributed by atoms with Crippen molar-refractivity contribution in [1.82, 2.24) is 4.98 Å². The Balaban J connectivity index is 1.33. The zero-order chi connectivity index (χ0) is 21.5. The fourth-order valence-electron chi connectivity index (χ4n) is 4.91. The molecule has 0 spiro atoms. The summed E-state index contributed by atoms with van der Waals surface area (Å²) >= 11 is 1.66. The first-order valence-corrected chi connectivity index (χ1v) is 12.0. The molecule has 5 rings (SSSR count). The fourth-order valence-corrected chi connectivity index (χ4v) is 5.98. The Morgan fingerprint density at radius 3 is 2.61 bits per heavy atom. The zero-order valence-corrected chi connectivity index (χ0v) is 18.8. The van der Waals surface area contributed by atoms with Crippen LogP contribution in [0.4, 0.5) is 5.69 Å². The molecule has 2 fully saturated rings. The first-order chi connectivity index (χ1) is 15.0. The summed E-state index contributed by atoms with van der Waals surface area (Å²) in [4.78, 5) is 31.9. The number of aromatic nitrogens is 1. The molecule has 2 amide bonds. The number of thiazole rings is 1. The lowest BCUT2D eigenvalue weighted by atomic mass is 9.85. The minimum Gasteiger partial charge on any atom is -0.333 e. The third-order valence-corrected chi connectivity index (χ3v) is 7.82. The second-order valence-electron chi connectivity index (χ2n) is 9.03. The number of benzene rings is 2. The number of quaternary nitrogens is 1. The summed E-state index contributed by atoms with van der Waals surface area (Å²) in [6.07, 6.45) is 5.13. The van der Waals surface area contributed by atoms with Crippen molar-refractivity contribution in [1.29, 1.82) is 0 Å². The molecular formula is C25H28N3O2S+. The second-order valence-corrected chi connectivity index (χ2v) is 10.1. The number of fused-ring (bicyclic) bond motifs is 1. The molecule has 3 atom stereocenters. The number of hydrogen-bond acceptors (Lipinski definition) is 4. The van der Waals surface area contributed by atoms with E-state index in [9.17, 15) is 9.59 Å². The molecule has 1 aliphatic heterocycles. The summed E-state index contributed by atoms with van der Waals surface area (Å²) in [5, 5.41) is 3.12. The van der Waals surface area contributed by atoms with Gasteiger partial charge < -0.3 is 5.32 Å².